The van der Waals surface area contributed by atoms with Crippen LogP contribution in [0.25, 0.3) is 0 Å². The first-order valence-corrected chi connectivity index (χ1v) is 10.3. The highest BCUT2D eigenvalue weighted by molar-refractivity contribution is 5.68. The van der Waals surface area contributed by atoms with Crippen molar-refractivity contribution in [1.82, 2.24) is 0 Å². The van der Waals surface area contributed by atoms with Crippen LogP contribution < -0.4 is 0 Å². The lowest BCUT2D eigenvalue weighted by molar-refractivity contribution is -0.203. The van der Waals surface area contributed by atoms with E-state index in [1.807, 2.05) is 0 Å². The minimum absolute atomic E-state index is 0.236. The van der Waals surface area contributed by atoms with E-state index in [1.54, 1.807) is 0 Å². The van der Waals surface area contributed by atoms with Crippen LogP contribution in [0, 0.1) is 45.3 Å². The first-order chi connectivity index (χ1) is 11.7. The third-order valence-corrected chi connectivity index (χ3v) is 10.1. The number of ether oxygens (including phenoxy) is 1. The van der Waals surface area contributed by atoms with E-state index in [9.17, 15) is 9.59 Å². The van der Waals surface area contributed by atoms with E-state index in [0.717, 1.165) is 43.3 Å². The molecule has 0 unspecified atom stereocenters. The summed E-state index contributed by atoms with van der Waals surface area (Å²) in [6, 6.07) is 0. The number of rotatable bonds is 2. The van der Waals surface area contributed by atoms with Crippen molar-refractivity contribution in [2.24, 2.45) is 45.3 Å². The molecule has 3 nitrogen and oxygen atoms in total. The molecule has 3 heteroatoms. The normalized spacial score (nSPS) is 61.0. The van der Waals surface area contributed by atoms with Gasteiger partial charge in [0.2, 0.25) is 0 Å². The quantitative estimate of drug-likeness (QED) is 0.551. The van der Waals surface area contributed by atoms with Gasteiger partial charge in [0.15, 0.2) is 0 Å². The Balaban J connectivity index is 1.51. The van der Waals surface area contributed by atoms with Crippen molar-refractivity contribution in [2.75, 3.05) is 0 Å². The van der Waals surface area contributed by atoms with Gasteiger partial charge in [0.25, 0.3) is 0 Å². The molecule has 0 heterocycles. The van der Waals surface area contributed by atoms with Gasteiger partial charge >= 0.3 is 5.97 Å². The number of aldehydes is 1. The molecule has 138 valence electrons. The zero-order valence-electron chi connectivity index (χ0n) is 16.1. The third-order valence-electron chi connectivity index (χ3n) is 10.1. The Morgan fingerprint density at radius 1 is 1.04 bits per heavy atom. The zero-order chi connectivity index (χ0) is 17.8. The summed E-state index contributed by atoms with van der Waals surface area (Å²) >= 11 is 0. The summed E-state index contributed by atoms with van der Waals surface area (Å²) in [6.07, 6.45) is 9.55. The van der Waals surface area contributed by atoms with Crippen LogP contribution in [0.1, 0.15) is 72.6 Å². The molecular formula is C22H32O3. The van der Waals surface area contributed by atoms with Crippen LogP contribution in [0.15, 0.2) is 0 Å². The maximum Gasteiger partial charge on any atom is 0.302 e. The summed E-state index contributed by atoms with van der Waals surface area (Å²) < 4.78 is 5.64. The molecule has 6 aliphatic rings. The molecule has 0 saturated heterocycles. The Hall–Kier alpha value is -0.860. The molecule has 0 aromatic carbocycles. The molecule has 9 atom stereocenters. The van der Waals surface area contributed by atoms with E-state index < -0.39 is 5.41 Å². The highest BCUT2D eigenvalue weighted by atomic mass is 16.5. The maximum atomic E-state index is 12.3. The second-order valence-electron chi connectivity index (χ2n) is 11.0. The third kappa shape index (κ3) is 1.74. The second-order valence-corrected chi connectivity index (χ2v) is 11.0. The molecule has 6 saturated carbocycles. The largest absolute Gasteiger partial charge is 0.462 e. The first-order valence-electron chi connectivity index (χ1n) is 10.3. The van der Waals surface area contributed by atoms with Gasteiger partial charge < -0.3 is 9.53 Å². The number of fused-ring (bicyclic) bond motifs is 1. The van der Waals surface area contributed by atoms with Crippen molar-refractivity contribution in [3.63, 3.8) is 0 Å². The van der Waals surface area contributed by atoms with Crippen LogP contribution >= 0.6 is 0 Å². The van der Waals surface area contributed by atoms with E-state index >= 15 is 0 Å². The summed E-state index contributed by atoms with van der Waals surface area (Å²) in [5.41, 5.74) is 0.924. The predicted octanol–water partition coefficient (Wildman–Crippen LogP) is 4.39. The molecule has 6 aliphatic carbocycles. The fourth-order valence-corrected chi connectivity index (χ4v) is 9.10. The van der Waals surface area contributed by atoms with Crippen molar-refractivity contribution in [3.8, 4) is 0 Å². The van der Waals surface area contributed by atoms with E-state index in [-0.39, 0.29) is 17.5 Å². The van der Waals surface area contributed by atoms with Gasteiger partial charge in [-0.3, -0.25) is 4.79 Å². The lowest BCUT2D eigenvalue weighted by Gasteiger charge is -2.65. The van der Waals surface area contributed by atoms with Crippen molar-refractivity contribution >= 4 is 12.3 Å². The summed E-state index contributed by atoms with van der Waals surface area (Å²) in [5.74, 6) is 2.83. The molecule has 0 aromatic heterocycles. The Morgan fingerprint density at radius 3 is 2.40 bits per heavy atom. The highest BCUT2D eigenvalue weighted by Crippen LogP contribution is 2.85. The van der Waals surface area contributed by atoms with E-state index in [2.05, 4.69) is 20.8 Å². The average molecular weight is 344 g/mol. The van der Waals surface area contributed by atoms with E-state index in [0.29, 0.717) is 16.7 Å². The van der Waals surface area contributed by atoms with Gasteiger partial charge in [-0.25, -0.2) is 0 Å². The molecule has 25 heavy (non-hydrogen) atoms. The summed E-state index contributed by atoms with van der Waals surface area (Å²) in [4.78, 5) is 23.8. The highest BCUT2D eigenvalue weighted by Gasteiger charge is 2.78. The number of carbonyl (C=O) groups excluding carboxylic acids is 2. The molecule has 0 aliphatic heterocycles. The van der Waals surface area contributed by atoms with Gasteiger partial charge in [0.05, 0.1) is 5.41 Å². The fraction of sp³-hybridized carbons (Fsp3) is 0.909. The summed E-state index contributed by atoms with van der Waals surface area (Å²) in [7, 11) is 0. The minimum atomic E-state index is -0.520. The summed E-state index contributed by atoms with van der Waals surface area (Å²) in [5, 5.41) is 0. The zero-order valence-corrected chi connectivity index (χ0v) is 16.1. The van der Waals surface area contributed by atoms with Crippen LogP contribution in [-0.4, -0.2) is 18.4 Å². The van der Waals surface area contributed by atoms with E-state index in [1.165, 1.54) is 32.6 Å². The van der Waals surface area contributed by atoms with Gasteiger partial charge in [-0.1, -0.05) is 13.8 Å². The number of hydrogen-bond donors (Lipinski definition) is 0. The van der Waals surface area contributed by atoms with Crippen molar-refractivity contribution in [1.29, 1.82) is 0 Å². The molecule has 6 rings (SSSR count). The predicted molar refractivity (Wildman–Crippen MR) is 94.7 cm³/mol. The maximum absolute atomic E-state index is 12.3. The standard InChI is InChI=1S/C22H32O3/c1-13(24)25-18-6-7-19(2)16(21(18,4)12-23)5-8-22-10-15-14(9-17(19)22)20(15,3)11-22/h12,14-18H,5-11H2,1-4H3/t14-,15-,16+,17+,18-,19-,20+,21-,22+/m1/s1. The Bertz CT molecular complexity index is 658. The molecule has 1 spiro atoms. The second kappa shape index (κ2) is 4.51. The lowest BCUT2D eigenvalue weighted by Crippen LogP contribution is -2.62. The smallest absolute Gasteiger partial charge is 0.302 e. The lowest BCUT2D eigenvalue weighted by atomic mass is 9.39. The van der Waals surface area contributed by atoms with Crippen molar-refractivity contribution < 1.29 is 14.3 Å². The molecule has 0 amide bonds. The van der Waals surface area contributed by atoms with Gasteiger partial charge in [-0.15, -0.1) is 0 Å². The van der Waals surface area contributed by atoms with Crippen molar-refractivity contribution in [2.45, 2.75) is 78.7 Å². The number of esters is 1. The van der Waals surface area contributed by atoms with Crippen LogP contribution in [0.4, 0.5) is 0 Å². The molecule has 0 aromatic rings. The number of hydrogen-bond acceptors (Lipinski definition) is 3. The fourth-order valence-electron chi connectivity index (χ4n) is 9.10. The SMILES string of the molecule is CC(=O)O[C@@H]1CC[C@@]2(C)[C@@H]3C[C@@H]4[C@H]5C[C@@]3(CC[C@@H]2[C@@]1(C)C=O)C[C@@]45C. The van der Waals surface area contributed by atoms with Crippen molar-refractivity contribution in [3.05, 3.63) is 0 Å². The van der Waals surface area contributed by atoms with Gasteiger partial charge in [0.1, 0.15) is 12.4 Å². The minimum Gasteiger partial charge on any atom is -0.462 e. The molecule has 4 bridgehead atoms. The Labute approximate surface area is 151 Å². The molecule has 6 fully saturated rings. The van der Waals surface area contributed by atoms with Crippen LogP contribution in [0.3, 0.4) is 0 Å². The number of carbonyl (C=O) groups is 2. The Kier molecular flexibility index (Phi) is 2.95. The molecular weight excluding hydrogens is 312 g/mol. The van der Waals surface area contributed by atoms with E-state index in [4.69, 9.17) is 4.74 Å². The summed E-state index contributed by atoms with van der Waals surface area (Å²) in [6.45, 7) is 8.56. The molecule has 0 N–H and O–H groups in total. The van der Waals surface area contributed by atoms with Crippen LogP contribution in [0.2, 0.25) is 0 Å². The first kappa shape index (κ1) is 16.3. The van der Waals surface area contributed by atoms with Gasteiger partial charge in [-0.2, -0.15) is 0 Å². The van der Waals surface area contributed by atoms with Crippen LogP contribution in [-0.2, 0) is 14.3 Å². The monoisotopic (exact) mass is 344 g/mol. The average Bonchev–Trinajstić information content (AvgIpc) is 3.00. The van der Waals surface area contributed by atoms with Gasteiger partial charge in [-0.05, 0) is 91.8 Å². The Morgan fingerprint density at radius 2 is 1.80 bits per heavy atom. The van der Waals surface area contributed by atoms with Gasteiger partial charge in [0, 0.05) is 6.92 Å². The topological polar surface area (TPSA) is 43.4 Å². The molecule has 0 radical (unpaired) electrons. The van der Waals surface area contributed by atoms with Crippen LogP contribution in [0.5, 0.6) is 0 Å².